The van der Waals surface area contributed by atoms with Crippen molar-refractivity contribution in [2.45, 2.75) is 110 Å². The van der Waals surface area contributed by atoms with Gasteiger partial charge in [-0.15, -0.1) is 0 Å². The van der Waals surface area contributed by atoms with Gasteiger partial charge in [-0.25, -0.2) is 0 Å². The third-order valence-corrected chi connectivity index (χ3v) is 7.69. The van der Waals surface area contributed by atoms with Gasteiger partial charge in [-0.05, 0) is 94.0 Å². The molecule has 1 nitrogen and oxygen atoms in total. The number of hydrogen-bond donors (Lipinski definition) is 0. The number of hydrogen-bond acceptors (Lipinski definition) is 1. The van der Waals surface area contributed by atoms with E-state index in [2.05, 4.69) is 13.5 Å². The summed E-state index contributed by atoms with van der Waals surface area (Å²) in [7, 11) is 0. The molecule has 0 aromatic carbocycles. The van der Waals surface area contributed by atoms with Crippen LogP contribution in [0.3, 0.4) is 0 Å². The van der Waals surface area contributed by atoms with Crippen LogP contribution >= 0.6 is 0 Å². The molecule has 2 rings (SSSR count). The Morgan fingerprint density at radius 1 is 0.900 bits per heavy atom. The maximum absolute atomic E-state index is 12.7. The Kier molecular flexibility index (Phi) is 12.1. The van der Waals surface area contributed by atoms with Crippen molar-refractivity contribution < 1.29 is 4.39 Å². The molecule has 0 atom stereocenters. The first-order valence-corrected chi connectivity index (χ1v) is 12.7. The largest absolute Gasteiger partial charge is 0.199 e. The molecule has 30 heavy (non-hydrogen) atoms. The average molecular weight is 414 g/mol. The van der Waals surface area contributed by atoms with Gasteiger partial charge in [-0.2, -0.15) is 9.65 Å². The molecule has 2 saturated carbocycles. The molecule has 0 aromatic rings. The van der Waals surface area contributed by atoms with E-state index in [-0.39, 0.29) is 0 Å². The van der Waals surface area contributed by atoms with Gasteiger partial charge in [-0.3, -0.25) is 0 Å². The second-order valence-electron chi connectivity index (χ2n) is 9.85. The fraction of sp³-hybridized carbons (Fsp3) is 0.750. The van der Waals surface area contributed by atoms with Gasteiger partial charge >= 0.3 is 0 Å². The van der Waals surface area contributed by atoms with Crippen LogP contribution < -0.4 is 0 Å². The van der Waals surface area contributed by atoms with Gasteiger partial charge in [-0.1, -0.05) is 69.8 Å². The van der Waals surface area contributed by atoms with Crippen LogP contribution in [0.1, 0.15) is 110 Å². The Balaban J connectivity index is 1.59. The summed E-state index contributed by atoms with van der Waals surface area (Å²) < 4.78 is 12.7. The van der Waals surface area contributed by atoms with Crippen LogP contribution in [0.5, 0.6) is 0 Å². The van der Waals surface area contributed by atoms with Crippen molar-refractivity contribution in [3.05, 3.63) is 36.2 Å². The average Bonchev–Trinajstić information content (AvgIpc) is 2.79. The molecule has 2 fully saturated rings. The van der Waals surface area contributed by atoms with Crippen molar-refractivity contribution in [1.29, 1.82) is 5.26 Å². The van der Waals surface area contributed by atoms with E-state index in [1.54, 1.807) is 11.6 Å². The van der Waals surface area contributed by atoms with Gasteiger partial charge in [0.2, 0.25) is 0 Å². The highest BCUT2D eigenvalue weighted by atomic mass is 19.1. The summed E-state index contributed by atoms with van der Waals surface area (Å²) in [5, 5.41) is 8.40. The maximum Gasteiger partial charge on any atom is 0.199 e. The third kappa shape index (κ3) is 9.20. The summed E-state index contributed by atoms with van der Waals surface area (Å²) in [6.45, 7) is 6.87. The fourth-order valence-electron chi connectivity index (χ4n) is 5.63. The molecule has 0 aromatic heterocycles. The van der Waals surface area contributed by atoms with E-state index in [1.165, 1.54) is 108 Å². The highest BCUT2D eigenvalue weighted by Crippen LogP contribution is 2.42. The Bertz CT molecular complexity index is 580. The lowest BCUT2D eigenvalue weighted by molar-refractivity contribution is 0.239. The van der Waals surface area contributed by atoms with Crippen molar-refractivity contribution >= 4 is 0 Å². The standard InChI is InChI=1S/C28H44FN/c1-3-4-5-6-8-11-24-14-18-26(19-15-24)23(2)27-20-16-25(17-21-27)12-9-7-10-13-28(29)22-30/h7,10,13,24-27H,2-6,8-9,11-12,14-21H2,1H3. The van der Waals surface area contributed by atoms with Gasteiger partial charge < -0.3 is 0 Å². The molecule has 2 heteroatoms. The molecule has 2 aliphatic carbocycles. The van der Waals surface area contributed by atoms with Crippen molar-refractivity contribution in [3.8, 4) is 6.07 Å². The van der Waals surface area contributed by atoms with Crippen LogP contribution in [0.2, 0.25) is 0 Å². The van der Waals surface area contributed by atoms with Crippen LogP contribution in [0, 0.1) is 35.0 Å². The van der Waals surface area contributed by atoms with E-state index >= 15 is 0 Å². The molecule has 0 bridgehead atoms. The van der Waals surface area contributed by atoms with Crippen molar-refractivity contribution in [2.75, 3.05) is 0 Å². The fourth-order valence-corrected chi connectivity index (χ4v) is 5.63. The summed E-state index contributed by atoms with van der Waals surface area (Å²) in [6.07, 6.45) is 26.5. The predicted octanol–water partition coefficient (Wildman–Crippen LogP) is 9.23. The van der Waals surface area contributed by atoms with Crippen molar-refractivity contribution in [2.24, 2.45) is 23.7 Å². The summed E-state index contributed by atoms with van der Waals surface area (Å²) in [5.41, 5.74) is 1.58. The molecule has 0 N–H and O–H groups in total. The van der Waals surface area contributed by atoms with Crippen LogP contribution in [0.25, 0.3) is 0 Å². The number of allylic oxidation sites excluding steroid dienone is 5. The first-order valence-electron chi connectivity index (χ1n) is 12.7. The molecular formula is C28H44FN. The minimum Gasteiger partial charge on any atom is -0.195 e. The number of rotatable bonds is 12. The Hall–Kier alpha value is -1.36. The Morgan fingerprint density at radius 3 is 2.03 bits per heavy atom. The molecule has 0 radical (unpaired) electrons. The lowest BCUT2D eigenvalue weighted by atomic mass is 9.70. The quantitative estimate of drug-likeness (QED) is 0.135. The summed E-state index contributed by atoms with van der Waals surface area (Å²) in [4.78, 5) is 0. The van der Waals surface area contributed by atoms with E-state index in [9.17, 15) is 4.39 Å². The monoisotopic (exact) mass is 413 g/mol. The van der Waals surface area contributed by atoms with Crippen LogP contribution in [-0.4, -0.2) is 0 Å². The van der Waals surface area contributed by atoms with E-state index in [0.717, 1.165) is 30.1 Å². The topological polar surface area (TPSA) is 23.8 Å². The predicted molar refractivity (Wildman–Crippen MR) is 127 cm³/mol. The number of halogens is 1. The van der Waals surface area contributed by atoms with E-state index in [1.807, 2.05) is 6.08 Å². The summed E-state index contributed by atoms with van der Waals surface area (Å²) in [6, 6.07) is 1.50. The molecule has 0 amide bonds. The SMILES string of the molecule is C=C(C1CCC(CCC=CC=C(F)C#N)CC1)C1CCC(CCCCCCC)CC1. The van der Waals surface area contributed by atoms with E-state index in [0.29, 0.717) is 0 Å². The molecule has 0 aliphatic heterocycles. The zero-order valence-corrected chi connectivity index (χ0v) is 19.4. The summed E-state index contributed by atoms with van der Waals surface area (Å²) >= 11 is 0. The molecule has 2 aliphatic rings. The zero-order valence-electron chi connectivity index (χ0n) is 19.4. The minimum absolute atomic E-state index is 0.716. The van der Waals surface area contributed by atoms with Gasteiger partial charge in [0.15, 0.2) is 5.83 Å². The second kappa shape index (κ2) is 14.6. The lowest BCUT2D eigenvalue weighted by Gasteiger charge is -2.36. The van der Waals surface area contributed by atoms with Crippen molar-refractivity contribution in [1.82, 2.24) is 0 Å². The van der Waals surface area contributed by atoms with Crippen LogP contribution in [-0.2, 0) is 0 Å². The van der Waals surface area contributed by atoms with Crippen LogP contribution in [0.15, 0.2) is 36.2 Å². The highest BCUT2D eigenvalue weighted by molar-refractivity contribution is 5.18. The minimum atomic E-state index is -0.716. The second-order valence-corrected chi connectivity index (χ2v) is 9.85. The van der Waals surface area contributed by atoms with Gasteiger partial charge in [0.05, 0.1) is 0 Å². The normalized spacial score (nSPS) is 27.8. The third-order valence-electron chi connectivity index (χ3n) is 7.69. The highest BCUT2D eigenvalue weighted by Gasteiger charge is 2.29. The molecule has 0 unspecified atom stereocenters. The number of unbranched alkanes of at least 4 members (excludes halogenated alkanes) is 4. The van der Waals surface area contributed by atoms with E-state index < -0.39 is 5.83 Å². The lowest BCUT2D eigenvalue weighted by Crippen LogP contribution is -2.23. The molecule has 0 heterocycles. The zero-order chi connectivity index (χ0) is 21.6. The van der Waals surface area contributed by atoms with Crippen LogP contribution in [0.4, 0.5) is 4.39 Å². The first kappa shape index (κ1) is 24.9. The maximum atomic E-state index is 12.7. The van der Waals surface area contributed by atoms with Gasteiger partial charge in [0.1, 0.15) is 6.07 Å². The number of nitriles is 1. The first-order chi connectivity index (χ1) is 14.6. The Labute approximate surface area is 185 Å². The molecule has 0 saturated heterocycles. The van der Waals surface area contributed by atoms with Gasteiger partial charge in [0.25, 0.3) is 0 Å². The van der Waals surface area contributed by atoms with Crippen molar-refractivity contribution in [3.63, 3.8) is 0 Å². The van der Waals surface area contributed by atoms with E-state index in [4.69, 9.17) is 5.26 Å². The number of nitrogens with zero attached hydrogens (tertiary/aromatic N) is 1. The smallest absolute Gasteiger partial charge is 0.195 e. The summed E-state index contributed by atoms with van der Waals surface area (Å²) in [5.74, 6) is 2.60. The Morgan fingerprint density at radius 2 is 1.47 bits per heavy atom. The van der Waals surface area contributed by atoms with Gasteiger partial charge in [0, 0.05) is 0 Å². The molecular weight excluding hydrogens is 369 g/mol. The molecule has 168 valence electrons. The molecule has 0 spiro atoms.